The number of benzene rings is 1. The molecular weight excluding hydrogens is 336 g/mol. The Hall–Kier alpha value is -3.09. The van der Waals surface area contributed by atoms with Gasteiger partial charge in [-0.05, 0) is 24.1 Å². The maximum atomic E-state index is 12.6. The van der Waals surface area contributed by atoms with Crippen molar-refractivity contribution in [2.45, 2.75) is 25.8 Å². The van der Waals surface area contributed by atoms with Crippen molar-refractivity contribution < 1.29 is 23.9 Å². The van der Waals surface area contributed by atoms with Crippen molar-refractivity contribution in [1.29, 1.82) is 0 Å². The largest absolute Gasteiger partial charge is 0.481 e. The summed E-state index contributed by atoms with van der Waals surface area (Å²) < 4.78 is 5.36. The number of rotatable bonds is 7. The maximum absolute atomic E-state index is 12.6. The molecule has 0 radical (unpaired) electrons. The van der Waals surface area contributed by atoms with E-state index in [-0.39, 0.29) is 30.5 Å². The van der Waals surface area contributed by atoms with Gasteiger partial charge < -0.3 is 19.3 Å². The van der Waals surface area contributed by atoms with Gasteiger partial charge >= 0.3 is 5.97 Å². The van der Waals surface area contributed by atoms with Crippen LogP contribution < -0.4 is 4.90 Å². The minimum Gasteiger partial charge on any atom is -0.481 e. The quantitative estimate of drug-likeness (QED) is 0.822. The van der Waals surface area contributed by atoms with E-state index in [0.29, 0.717) is 24.9 Å². The number of fused-ring (bicyclic) bond motifs is 1. The van der Waals surface area contributed by atoms with Crippen LogP contribution in [0, 0.1) is 0 Å². The van der Waals surface area contributed by atoms with Crippen LogP contribution in [0.4, 0.5) is 5.69 Å². The lowest BCUT2D eigenvalue weighted by Crippen LogP contribution is -2.30. The number of furan rings is 1. The highest BCUT2D eigenvalue weighted by Gasteiger charge is 2.29. The number of anilines is 1. The van der Waals surface area contributed by atoms with E-state index in [1.807, 2.05) is 24.3 Å². The molecule has 1 aromatic heterocycles. The predicted octanol–water partition coefficient (Wildman–Crippen LogP) is 2.31. The van der Waals surface area contributed by atoms with Crippen molar-refractivity contribution in [3.8, 4) is 0 Å². The first-order valence-electron chi connectivity index (χ1n) is 8.39. The van der Waals surface area contributed by atoms with E-state index < -0.39 is 5.97 Å². The van der Waals surface area contributed by atoms with E-state index in [1.54, 1.807) is 18.0 Å². The summed E-state index contributed by atoms with van der Waals surface area (Å²) in [7, 11) is 1.60. The van der Waals surface area contributed by atoms with Crippen molar-refractivity contribution >= 4 is 23.5 Å². The van der Waals surface area contributed by atoms with Crippen molar-refractivity contribution in [2.75, 3.05) is 18.5 Å². The van der Waals surface area contributed by atoms with E-state index in [1.165, 1.54) is 11.2 Å². The van der Waals surface area contributed by atoms with Gasteiger partial charge in [0.25, 0.3) is 5.91 Å². The standard InChI is InChI=1S/C19H20N2O5/c1-20(9-4-7-17(23)24)19(25)18-14(8-10-26-18)12-21-15-6-3-2-5-13(15)11-16(21)22/h2-3,5-6,8,10H,4,7,9,11-12H2,1H3,(H,23,24). The molecule has 2 heterocycles. The number of carboxylic acid groups (broad SMARTS) is 1. The van der Waals surface area contributed by atoms with Gasteiger partial charge in [0, 0.05) is 31.3 Å². The first-order valence-corrected chi connectivity index (χ1v) is 8.39. The van der Waals surface area contributed by atoms with Gasteiger partial charge in [-0.15, -0.1) is 0 Å². The monoisotopic (exact) mass is 356 g/mol. The van der Waals surface area contributed by atoms with Crippen LogP contribution in [0.5, 0.6) is 0 Å². The summed E-state index contributed by atoms with van der Waals surface area (Å²) in [6, 6.07) is 9.27. The Morgan fingerprint density at radius 2 is 2.04 bits per heavy atom. The molecule has 0 unspecified atom stereocenters. The van der Waals surface area contributed by atoms with Crippen molar-refractivity contribution in [3.63, 3.8) is 0 Å². The molecule has 0 saturated heterocycles. The van der Waals surface area contributed by atoms with Gasteiger partial charge in [0.05, 0.1) is 19.2 Å². The lowest BCUT2D eigenvalue weighted by Gasteiger charge is -2.19. The lowest BCUT2D eigenvalue weighted by molar-refractivity contribution is -0.137. The highest BCUT2D eigenvalue weighted by Crippen LogP contribution is 2.30. The Morgan fingerprint density at radius 1 is 1.27 bits per heavy atom. The van der Waals surface area contributed by atoms with Crippen LogP contribution in [0.1, 0.15) is 34.5 Å². The minimum atomic E-state index is -0.893. The molecule has 1 aliphatic rings. The van der Waals surface area contributed by atoms with Gasteiger partial charge in [-0.1, -0.05) is 18.2 Å². The molecule has 3 rings (SSSR count). The Bertz CT molecular complexity index is 842. The summed E-state index contributed by atoms with van der Waals surface area (Å²) in [6.07, 6.45) is 2.15. The van der Waals surface area contributed by atoms with Crippen LogP contribution in [0.3, 0.4) is 0 Å². The summed E-state index contributed by atoms with van der Waals surface area (Å²) >= 11 is 0. The first-order chi connectivity index (χ1) is 12.5. The number of nitrogens with zero attached hydrogens (tertiary/aromatic N) is 2. The number of carbonyl (C=O) groups is 3. The van der Waals surface area contributed by atoms with E-state index in [0.717, 1.165) is 11.3 Å². The molecule has 0 bridgehead atoms. The number of hydrogen-bond acceptors (Lipinski definition) is 4. The Kier molecular flexibility index (Phi) is 5.06. The second-order valence-corrected chi connectivity index (χ2v) is 6.28. The molecule has 0 atom stereocenters. The van der Waals surface area contributed by atoms with E-state index in [2.05, 4.69) is 0 Å². The number of para-hydroxylation sites is 1. The maximum Gasteiger partial charge on any atom is 0.303 e. The zero-order valence-electron chi connectivity index (χ0n) is 14.5. The number of carbonyl (C=O) groups excluding carboxylic acids is 2. The lowest BCUT2D eigenvalue weighted by atomic mass is 10.1. The van der Waals surface area contributed by atoms with Gasteiger partial charge in [0.2, 0.25) is 5.91 Å². The molecule has 1 aliphatic heterocycles. The van der Waals surface area contributed by atoms with Crippen LogP contribution in [-0.4, -0.2) is 41.4 Å². The normalized spacial score (nSPS) is 13.0. The molecule has 2 amide bonds. The van der Waals surface area contributed by atoms with Gasteiger partial charge in [-0.3, -0.25) is 14.4 Å². The molecule has 2 aromatic rings. The van der Waals surface area contributed by atoms with Gasteiger partial charge in [0.1, 0.15) is 0 Å². The van der Waals surface area contributed by atoms with E-state index >= 15 is 0 Å². The highest BCUT2D eigenvalue weighted by atomic mass is 16.4. The first kappa shape index (κ1) is 17.7. The zero-order valence-corrected chi connectivity index (χ0v) is 14.5. The second kappa shape index (κ2) is 7.43. The fraction of sp³-hybridized carbons (Fsp3) is 0.316. The smallest absolute Gasteiger partial charge is 0.303 e. The zero-order chi connectivity index (χ0) is 18.7. The summed E-state index contributed by atoms with van der Waals surface area (Å²) in [6.45, 7) is 0.577. The van der Waals surface area contributed by atoms with Crippen LogP contribution in [0.15, 0.2) is 41.0 Å². The van der Waals surface area contributed by atoms with Gasteiger partial charge in [-0.25, -0.2) is 0 Å². The van der Waals surface area contributed by atoms with Crippen LogP contribution in [0.25, 0.3) is 0 Å². The minimum absolute atomic E-state index is 0.00168. The Morgan fingerprint density at radius 3 is 2.81 bits per heavy atom. The van der Waals surface area contributed by atoms with Gasteiger partial charge in [-0.2, -0.15) is 0 Å². The van der Waals surface area contributed by atoms with E-state index in [4.69, 9.17) is 9.52 Å². The molecule has 0 saturated carbocycles. The Balaban J connectivity index is 1.72. The second-order valence-electron chi connectivity index (χ2n) is 6.28. The summed E-state index contributed by atoms with van der Waals surface area (Å²) in [5.41, 5.74) is 2.46. The van der Waals surface area contributed by atoms with Crippen molar-refractivity contribution in [2.24, 2.45) is 0 Å². The fourth-order valence-corrected chi connectivity index (χ4v) is 3.05. The number of hydrogen-bond donors (Lipinski definition) is 1. The van der Waals surface area contributed by atoms with E-state index in [9.17, 15) is 14.4 Å². The van der Waals surface area contributed by atoms with Crippen molar-refractivity contribution in [1.82, 2.24) is 4.90 Å². The molecular formula is C19H20N2O5. The molecule has 0 fully saturated rings. The molecule has 1 N–H and O–H groups in total. The Labute approximate surface area is 150 Å². The number of carboxylic acids is 1. The topological polar surface area (TPSA) is 91.1 Å². The highest BCUT2D eigenvalue weighted by molar-refractivity contribution is 6.01. The van der Waals surface area contributed by atoms with Crippen molar-refractivity contribution in [3.05, 3.63) is 53.5 Å². The van der Waals surface area contributed by atoms with Gasteiger partial charge in [0.15, 0.2) is 5.76 Å². The average Bonchev–Trinajstić information content (AvgIpc) is 3.19. The SMILES string of the molecule is CN(CCCC(=O)O)C(=O)c1occc1CN1C(=O)Cc2ccccc21. The summed E-state index contributed by atoms with van der Waals surface area (Å²) in [5.74, 6) is -1.05. The predicted molar refractivity (Wildman–Crippen MR) is 93.9 cm³/mol. The molecule has 7 nitrogen and oxygen atoms in total. The summed E-state index contributed by atoms with van der Waals surface area (Å²) in [5, 5.41) is 8.70. The molecule has 1 aromatic carbocycles. The third-order valence-electron chi connectivity index (χ3n) is 4.43. The van der Waals surface area contributed by atoms with Crippen LogP contribution >= 0.6 is 0 Å². The summed E-state index contributed by atoms with van der Waals surface area (Å²) in [4.78, 5) is 38.6. The molecule has 7 heteroatoms. The number of amides is 2. The molecule has 26 heavy (non-hydrogen) atoms. The third kappa shape index (κ3) is 3.61. The molecule has 0 spiro atoms. The number of aliphatic carboxylic acids is 1. The van der Waals surface area contributed by atoms with Crippen LogP contribution in [-0.2, 0) is 22.6 Å². The molecule has 136 valence electrons. The van der Waals surface area contributed by atoms with Crippen LogP contribution in [0.2, 0.25) is 0 Å². The molecule has 0 aliphatic carbocycles. The average molecular weight is 356 g/mol. The third-order valence-corrected chi connectivity index (χ3v) is 4.43. The fourth-order valence-electron chi connectivity index (χ4n) is 3.05.